The molecule has 0 bridgehead atoms. The van der Waals surface area contributed by atoms with Crippen molar-refractivity contribution in [2.75, 3.05) is 11.0 Å². The maximum atomic E-state index is 14.8. The van der Waals surface area contributed by atoms with Crippen molar-refractivity contribution in [1.82, 2.24) is 29.9 Å². The Morgan fingerprint density at radius 1 is 1.06 bits per heavy atom. The first-order valence-corrected chi connectivity index (χ1v) is 17.4. The van der Waals surface area contributed by atoms with E-state index < -0.39 is 82.0 Å². The van der Waals surface area contributed by atoms with Crippen molar-refractivity contribution < 1.29 is 43.9 Å². The molecule has 1 aliphatic rings. The van der Waals surface area contributed by atoms with E-state index in [0.717, 1.165) is 18.4 Å². The van der Waals surface area contributed by atoms with Crippen molar-refractivity contribution in [2.24, 2.45) is 7.05 Å². The first kappa shape index (κ1) is 36.1. The highest BCUT2D eigenvalue weighted by Gasteiger charge is 2.50. The molecular weight excluding hydrogens is 731 g/mol. The Hall–Kier alpha value is -4.71. The summed E-state index contributed by atoms with van der Waals surface area (Å²) in [7, 11) is -2.27. The molecular formula is C32H27ClF7N7O3S. The largest absolute Gasteiger partial charge is 0.435 e. The SMILES string of the molecule is Cc1ccc(-c2ccc(Cl)c3c(NS(C)(=O)=O)nn(C)c23)c([C@H](Cc2cc(F)cc(F)c2)NC(=O)Cn2nc(C(F)(F)F)c3c2C(F)(F)CC3)n1. The molecule has 0 unspecified atom stereocenters. The van der Waals surface area contributed by atoms with Crippen LogP contribution in [0.3, 0.4) is 0 Å². The molecule has 6 rings (SSSR count). The summed E-state index contributed by atoms with van der Waals surface area (Å²) < 4.78 is 128. The number of amides is 1. The van der Waals surface area contributed by atoms with Gasteiger partial charge in [-0.15, -0.1) is 0 Å². The zero-order chi connectivity index (χ0) is 37.2. The monoisotopic (exact) mass is 757 g/mol. The van der Waals surface area contributed by atoms with Crippen molar-refractivity contribution in [3.05, 3.63) is 93.0 Å². The minimum absolute atomic E-state index is 0.0550. The fraction of sp³-hybridized carbons (Fsp3) is 0.312. The Bertz CT molecular complexity index is 2300. The van der Waals surface area contributed by atoms with Gasteiger partial charge in [-0.2, -0.15) is 32.1 Å². The number of aromatic nitrogens is 5. The van der Waals surface area contributed by atoms with E-state index in [0.29, 0.717) is 33.1 Å². The topological polar surface area (TPSA) is 124 Å². The number of alkyl halides is 5. The third kappa shape index (κ3) is 7.24. The molecule has 0 radical (unpaired) electrons. The highest BCUT2D eigenvalue weighted by atomic mass is 35.5. The van der Waals surface area contributed by atoms with Crippen LogP contribution in [0.1, 0.15) is 46.4 Å². The van der Waals surface area contributed by atoms with Crippen LogP contribution in [0, 0.1) is 18.6 Å². The summed E-state index contributed by atoms with van der Waals surface area (Å²) in [4.78, 5) is 18.2. The van der Waals surface area contributed by atoms with E-state index in [1.807, 2.05) is 0 Å². The second-order valence-corrected chi connectivity index (χ2v) is 14.3. The van der Waals surface area contributed by atoms with Crippen LogP contribution in [0.25, 0.3) is 22.0 Å². The van der Waals surface area contributed by atoms with E-state index >= 15 is 0 Å². The average Bonchev–Trinajstić information content (AvgIpc) is 3.63. The van der Waals surface area contributed by atoms with Gasteiger partial charge in [0.05, 0.1) is 33.9 Å². The molecule has 0 spiro atoms. The van der Waals surface area contributed by atoms with Crippen molar-refractivity contribution in [3.8, 4) is 11.1 Å². The van der Waals surface area contributed by atoms with E-state index in [4.69, 9.17) is 11.6 Å². The summed E-state index contributed by atoms with van der Waals surface area (Å²) in [5, 5.41) is 10.6. The number of halogens is 8. The molecule has 270 valence electrons. The summed E-state index contributed by atoms with van der Waals surface area (Å²) in [5.41, 5.74) is -1.58. The molecule has 0 saturated heterocycles. The Morgan fingerprint density at radius 2 is 1.73 bits per heavy atom. The van der Waals surface area contributed by atoms with Crippen LogP contribution < -0.4 is 10.0 Å². The van der Waals surface area contributed by atoms with Crippen molar-refractivity contribution in [2.45, 2.75) is 50.9 Å². The Kier molecular flexibility index (Phi) is 9.06. The summed E-state index contributed by atoms with van der Waals surface area (Å²) >= 11 is 6.50. The number of sulfonamides is 1. The van der Waals surface area contributed by atoms with Crippen molar-refractivity contribution in [3.63, 3.8) is 0 Å². The van der Waals surface area contributed by atoms with Crippen molar-refractivity contribution >= 4 is 44.3 Å². The number of benzene rings is 2. The van der Waals surface area contributed by atoms with Gasteiger partial charge in [0.15, 0.2) is 11.5 Å². The molecule has 3 heterocycles. The number of fused-ring (bicyclic) bond motifs is 2. The maximum Gasteiger partial charge on any atom is 0.435 e. The fourth-order valence-corrected chi connectivity index (χ4v) is 7.09. The van der Waals surface area contributed by atoms with Gasteiger partial charge in [-0.25, -0.2) is 17.2 Å². The molecule has 10 nitrogen and oxygen atoms in total. The molecule has 1 amide bonds. The number of aryl methyl sites for hydroxylation is 2. The molecule has 0 aliphatic heterocycles. The summed E-state index contributed by atoms with van der Waals surface area (Å²) in [6.45, 7) is 0.577. The molecule has 2 aromatic carbocycles. The highest BCUT2D eigenvalue weighted by Crippen LogP contribution is 2.46. The molecule has 0 fully saturated rings. The number of nitrogens with one attached hydrogen (secondary N) is 2. The maximum absolute atomic E-state index is 14.8. The summed E-state index contributed by atoms with van der Waals surface area (Å²) in [6.07, 6.45) is -5.91. The molecule has 51 heavy (non-hydrogen) atoms. The number of rotatable bonds is 9. The van der Waals surface area contributed by atoms with E-state index in [2.05, 4.69) is 25.2 Å². The van der Waals surface area contributed by atoms with Gasteiger partial charge in [-0.3, -0.25) is 23.9 Å². The predicted molar refractivity (Wildman–Crippen MR) is 173 cm³/mol. The molecule has 1 atom stereocenters. The van der Waals surface area contributed by atoms with Crippen LogP contribution in [0.4, 0.5) is 36.6 Å². The third-order valence-electron chi connectivity index (χ3n) is 8.25. The second kappa shape index (κ2) is 12.8. The van der Waals surface area contributed by atoms with Gasteiger partial charge < -0.3 is 5.32 Å². The first-order chi connectivity index (χ1) is 23.7. The number of hydrogen-bond donors (Lipinski definition) is 2. The lowest BCUT2D eigenvalue weighted by atomic mass is 9.93. The smallest absolute Gasteiger partial charge is 0.346 e. The number of hydrogen-bond acceptors (Lipinski definition) is 6. The lowest BCUT2D eigenvalue weighted by Crippen LogP contribution is -2.35. The zero-order valence-electron chi connectivity index (χ0n) is 26.8. The van der Waals surface area contributed by atoms with Gasteiger partial charge in [0.1, 0.15) is 23.9 Å². The second-order valence-electron chi connectivity index (χ2n) is 12.2. The third-order valence-corrected chi connectivity index (χ3v) is 9.13. The number of anilines is 1. The van der Waals surface area contributed by atoms with Gasteiger partial charge in [0.2, 0.25) is 15.9 Å². The van der Waals surface area contributed by atoms with E-state index in [-0.39, 0.29) is 33.9 Å². The van der Waals surface area contributed by atoms with Crippen molar-refractivity contribution in [1.29, 1.82) is 0 Å². The Labute approximate surface area is 290 Å². The number of carbonyl (C=O) groups is 1. The number of carbonyl (C=O) groups excluding carboxylic acids is 1. The van der Waals surface area contributed by atoms with Crippen LogP contribution in [-0.2, 0) is 53.4 Å². The standard InChI is InChI=1S/C32H27ClF7N7O3S/c1-15-4-5-19(20-6-7-22(33)25-27(20)46(2)44-30(25)45-51(3,49)50)26(41-15)23(12-16-10-17(34)13-18(35)11-16)42-24(48)14-47-29-21(8-9-31(29,36)37)28(43-47)32(38,39)40/h4-7,10-11,13,23H,8-9,12,14H2,1-3H3,(H,42,48)(H,44,45)/t23-/m0/s1. The van der Waals surface area contributed by atoms with Crippen LogP contribution in [0.5, 0.6) is 0 Å². The Morgan fingerprint density at radius 3 is 2.37 bits per heavy atom. The van der Waals surface area contributed by atoms with E-state index in [9.17, 15) is 43.9 Å². The highest BCUT2D eigenvalue weighted by molar-refractivity contribution is 7.92. The average molecular weight is 758 g/mol. The molecule has 1 aliphatic carbocycles. The van der Waals surface area contributed by atoms with Gasteiger partial charge in [0.25, 0.3) is 5.92 Å². The van der Waals surface area contributed by atoms with Crippen LogP contribution in [0.15, 0.2) is 42.5 Å². The molecule has 19 heteroatoms. The van der Waals surface area contributed by atoms with Crippen LogP contribution >= 0.6 is 11.6 Å². The zero-order valence-corrected chi connectivity index (χ0v) is 28.4. The predicted octanol–water partition coefficient (Wildman–Crippen LogP) is 6.60. The quantitative estimate of drug-likeness (QED) is 0.164. The fourth-order valence-electron chi connectivity index (χ4n) is 6.36. The van der Waals surface area contributed by atoms with E-state index in [1.165, 1.54) is 17.8 Å². The van der Waals surface area contributed by atoms with Gasteiger partial charge in [-0.1, -0.05) is 23.7 Å². The molecule has 5 aromatic rings. The van der Waals surface area contributed by atoms with Gasteiger partial charge >= 0.3 is 6.18 Å². The number of pyridine rings is 1. The summed E-state index contributed by atoms with van der Waals surface area (Å²) in [5.74, 6) is -6.66. The minimum atomic E-state index is -5.05. The molecule has 0 saturated carbocycles. The normalized spacial score (nSPS) is 14.9. The summed E-state index contributed by atoms with van der Waals surface area (Å²) in [6, 6.07) is 7.72. The van der Waals surface area contributed by atoms with Gasteiger partial charge in [0, 0.05) is 41.9 Å². The van der Waals surface area contributed by atoms with Crippen LogP contribution in [-0.4, -0.2) is 45.1 Å². The molecule has 2 N–H and O–H groups in total. The first-order valence-electron chi connectivity index (χ1n) is 15.1. The minimum Gasteiger partial charge on any atom is -0.346 e. The number of nitrogens with zero attached hydrogens (tertiary/aromatic N) is 5. The Balaban J connectivity index is 1.47. The lowest BCUT2D eigenvalue weighted by molar-refractivity contribution is -0.142. The van der Waals surface area contributed by atoms with Crippen LogP contribution in [0.2, 0.25) is 5.02 Å². The van der Waals surface area contributed by atoms with E-state index in [1.54, 1.807) is 25.1 Å². The van der Waals surface area contributed by atoms with Gasteiger partial charge in [-0.05, 0) is 49.6 Å². The lowest BCUT2D eigenvalue weighted by Gasteiger charge is -2.23. The molecule has 3 aromatic heterocycles.